The Morgan fingerprint density at radius 1 is 0.919 bits per heavy atom. The van der Waals surface area contributed by atoms with Crippen molar-refractivity contribution < 1.29 is 9.66 Å². The van der Waals surface area contributed by atoms with Crippen molar-refractivity contribution in [3.05, 3.63) is 135 Å². The van der Waals surface area contributed by atoms with Crippen LogP contribution in [0.25, 0.3) is 16.6 Å². The molecule has 182 valence electrons. The zero-order valence-electron chi connectivity index (χ0n) is 19.5. The topological polar surface area (TPSA) is 112 Å². The van der Waals surface area contributed by atoms with Crippen molar-refractivity contribution >= 4 is 28.8 Å². The van der Waals surface area contributed by atoms with Gasteiger partial charge in [-0.2, -0.15) is 10.1 Å². The summed E-state index contributed by atoms with van der Waals surface area (Å²) in [7, 11) is 0. The molecule has 37 heavy (non-hydrogen) atoms. The molecule has 1 N–H and O–H groups in total. The van der Waals surface area contributed by atoms with Crippen LogP contribution in [0.2, 0.25) is 0 Å². The highest BCUT2D eigenvalue weighted by Crippen LogP contribution is 2.21. The molecule has 4 aromatic carbocycles. The van der Waals surface area contributed by atoms with Gasteiger partial charge >= 0.3 is 0 Å². The molecule has 0 saturated carbocycles. The number of hydrogen-bond donors (Lipinski definition) is 1. The number of fused-ring (bicyclic) bond motifs is 1. The van der Waals surface area contributed by atoms with Gasteiger partial charge in [-0.3, -0.25) is 19.5 Å². The number of para-hydroxylation sites is 2. The molecule has 0 fully saturated rings. The summed E-state index contributed by atoms with van der Waals surface area (Å²) in [4.78, 5) is 27.2. The maximum absolute atomic E-state index is 12.6. The van der Waals surface area contributed by atoms with Gasteiger partial charge in [0, 0.05) is 17.8 Å². The van der Waals surface area contributed by atoms with Crippen LogP contribution in [0, 0.1) is 10.1 Å². The van der Waals surface area contributed by atoms with Gasteiger partial charge < -0.3 is 4.74 Å². The first-order valence-electron chi connectivity index (χ1n) is 11.4. The smallest absolute Gasteiger partial charge is 0.282 e. The summed E-state index contributed by atoms with van der Waals surface area (Å²) in [6, 6.07) is 30.5. The molecule has 5 rings (SSSR count). The lowest BCUT2D eigenvalue weighted by Gasteiger charge is -2.15. The molecular weight excluding hydrogens is 470 g/mol. The van der Waals surface area contributed by atoms with E-state index in [1.807, 2.05) is 65.2 Å². The van der Waals surface area contributed by atoms with Crippen LogP contribution in [-0.4, -0.2) is 20.7 Å². The average molecular weight is 492 g/mol. The zero-order valence-corrected chi connectivity index (χ0v) is 19.5. The number of nitro benzene ring substituents is 1. The predicted octanol–water partition coefficient (Wildman–Crippen LogP) is 5.32. The van der Waals surface area contributed by atoms with Gasteiger partial charge in [0.2, 0.25) is 5.95 Å². The fraction of sp³-hybridized carbons (Fsp3) is 0.0357. The molecule has 1 heterocycles. The molecule has 0 radical (unpaired) electrons. The van der Waals surface area contributed by atoms with Crippen molar-refractivity contribution in [1.82, 2.24) is 9.55 Å². The third-order valence-corrected chi connectivity index (χ3v) is 5.62. The Labute approximate surface area is 211 Å². The summed E-state index contributed by atoms with van der Waals surface area (Å²) < 4.78 is 7.61. The van der Waals surface area contributed by atoms with Gasteiger partial charge in [-0.25, -0.2) is 5.43 Å². The molecular formula is C28H21N5O4. The molecule has 0 aliphatic heterocycles. The summed E-state index contributed by atoms with van der Waals surface area (Å²) >= 11 is 0. The van der Waals surface area contributed by atoms with Crippen molar-refractivity contribution in [3.63, 3.8) is 0 Å². The summed E-state index contributed by atoms with van der Waals surface area (Å²) in [5, 5.41) is 15.6. The minimum absolute atomic E-state index is 0.0423. The van der Waals surface area contributed by atoms with Gasteiger partial charge in [0.1, 0.15) is 12.4 Å². The Morgan fingerprint density at radius 2 is 1.62 bits per heavy atom. The predicted molar refractivity (Wildman–Crippen MR) is 142 cm³/mol. The monoisotopic (exact) mass is 491 g/mol. The largest absolute Gasteiger partial charge is 0.489 e. The third-order valence-electron chi connectivity index (χ3n) is 5.62. The van der Waals surface area contributed by atoms with Gasteiger partial charge in [0.25, 0.3) is 11.2 Å². The molecule has 1 aromatic heterocycles. The van der Waals surface area contributed by atoms with Crippen LogP contribution >= 0.6 is 0 Å². The lowest BCUT2D eigenvalue weighted by atomic mass is 10.2. The van der Waals surface area contributed by atoms with E-state index in [4.69, 9.17) is 4.74 Å². The van der Waals surface area contributed by atoms with E-state index in [1.54, 1.807) is 36.5 Å². The van der Waals surface area contributed by atoms with Gasteiger partial charge in [-0.1, -0.05) is 30.3 Å². The number of rotatable bonds is 8. The lowest BCUT2D eigenvalue weighted by Crippen LogP contribution is -2.16. The average Bonchev–Trinajstić information content (AvgIpc) is 2.93. The second kappa shape index (κ2) is 10.5. The molecule has 0 aliphatic rings. The molecule has 0 aliphatic carbocycles. The van der Waals surface area contributed by atoms with Gasteiger partial charge in [-0.05, 0) is 71.8 Å². The van der Waals surface area contributed by atoms with Crippen LogP contribution in [0.5, 0.6) is 5.75 Å². The standard InChI is InChI=1S/C28H21N5O4/c34-27-25-8-4-5-9-26(25)32(22-6-2-1-3-7-22)28(30-27)31-29-18-20-12-16-24(17-13-20)37-19-21-10-14-23(15-11-21)33(35)36/h1-18H,19H2,(H,30,31,34)/b29-18-. The zero-order chi connectivity index (χ0) is 25.6. The van der Waals surface area contributed by atoms with Crippen LogP contribution in [0.4, 0.5) is 11.6 Å². The van der Waals surface area contributed by atoms with Crippen LogP contribution in [0.3, 0.4) is 0 Å². The van der Waals surface area contributed by atoms with E-state index in [-0.39, 0.29) is 17.9 Å². The number of nitrogens with zero attached hydrogens (tertiary/aromatic N) is 4. The van der Waals surface area contributed by atoms with Crippen LogP contribution in [0.1, 0.15) is 11.1 Å². The maximum Gasteiger partial charge on any atom is 0.282 e. The Balaban J connectivity index is 1.30. The number of hydrogen-bond acceptors (Lipinski definition) is 7. The molecule has 0 spiro atoms. The lowest BCUT2D eigenvalue weighted by molar-refractivity contribution is -0.384. The first-order chi connectivity index (χ1) is 18.1. The van der Waals surface area contributed by atoms with E-state index >= 15 is 0 Å². The fourth-order valence-electron chi connectivity index (χ4n) is 3.78. The van der Waals surface area contributed by atoms with E-state index in [0.29, 0.717) is 17.1 Å². The molecule has 5 aromatic rings. The minimum atomic E-state index is -0.434. The quantitative estimate of drug-likeness (QED) is 0.179. The molecule has 9 nitrogen and oxygen atoms in total. The van der Waals surface area contributed by atoms with Crippen LogP contribution in [-0.2, 0) is 6.61 Å². The van der Waals surface area contributed by atoms with Crippen molar-refractivity contribution in [2.24, 2.45) is 5.10 Å². The number of aromatic nitrogens is 2. The highest BCUT2D eigenvalue weighted by molar-refractivity contribution is 5.82. The molecule has 0 saturated heterocycles. The van der Waals surface area contributed by atoms with Gasteiger partial charge in [0.05, 0.1) is 22.0 Å². The highest BCUT2D eigenvalue weighted by Gasteiger charge is 2.11. The number of hydrazone groups is 1. The van der Waals surface area contributed by atoms with Crippen LogP contribution in [0.15, 0.2) is 113 Å². The van der Waals surface area contributed by atoms with Gasteiger partial charge in [-0.15, -0.1) is 0 Å². The molecule has 0 bridgehead atoms. The maximum atomic E-state index is 12.6. The second-order valence-corrected chi connectivity index (χ2v) is 8.08. The van der Waals surface area contributed by atoms with Gasteiger partial charge in [0.15, 0.2) is 0 Å². The van der Waals surface area contributed by atoms with E-state index in [2.05, 4.69) is 15.5 Å². The highest BCUT2D eigenvalue weighted by atomic mass is 16.6. The summed E-state index contributed by atoms with van der Waals surface area (Å²) in [6.07, 6.45) is 1.62. The second-order valence-electron chi connectivity index (χ2n) is 8.08. The summed E-state index contributed by atoms with van der Waals surface area (Å²) in [5.41, 5.74) is 5.82. The normalized spacial score (nSPS) is 11.0. The number of benzene rings is 4. The molecule has 0 atom stereocenters. The Kier molecular flexibility index (Phi) is 6.67. The van der Waals surface area contributed by atoms with E-state index in [1.165, 1.54) is 12.1 Å². The molecule has 0 unspecified atom stereocenters. The number of ether oxygens (including phenoxy) is 1. The Hall–Kier alpha value is -5.31. The van der Waals surface area contributed by atoms with Crippen molar-refractivity contribution in [3.8, 4) is 11.4 Å². The Bertz CT molecular complexity index is 1630. The Morgan fingerprint density at radius 3 is 2.35 bits per heavy atom. The first kappa shape index (κ1) is 23.4. The minimum Gasteiger partial charge on any atom is -0.489 e. The fourth-order valence-corrected chi connectivity index (χ4v) is 3.78. The number of non-ortho nitro benzene ring substituents is 1. The SMILES string of the molecule is O=c1nc(N/N=C\c2ccc(OCc3ccc([N+](=O)[O-])cc3)cc2)n(-c2ccccc2)c2ccccc12. The first-order valence-corrected chi connectivity index (χ1v) is 11.4. The molecule has 9 heteroatoms. The van der Waals surface area contributed by atoms with E-state index < -0.39 is 4.92 Å². The summed E-state index contributed by atoms with van der Waals surface area (Å²) in [5.74, 6) is 0.951. The van der Waals surface area contributed by atoms with Crippen molar-refractivity contribution in [1.29, 1.82) is 0 Å². The van der Waals surface area contributed by atoms with Crippen LogP contribution < -0.4 is 15.7 Å². The van der Waals surface area contributed by atoms with Crippen molar-refractivity contribution in [2.75, 3.05) is 5.43 Å². The van der Waals surface area contributed by atoms with Crippen molar-refractivity contribution in [2.45, 2.75) is 6.61 Å². The number of anilines is 1. The number of nitrogens with one attached hydrogen (secondary N) is 1. The number of nitro groups is 1. The van der Waals surface area contributed by atoms with E-state index in [9.17, 15) is 14.9 Å². The molecule has 0 amide bonds. The van der Waals surface area contributed by atoms with E-state index in [0.717, 1.165) is 22.3 Å². The third kappa shape index (κ3) is 5.35. The summed E-state index contributed by atoms with van der Waals surface area (Å²) in [6.45, 7) is 0.289.